The minimum Gasteiger partial charge on any atom is -0.512 e. The molecule has 1 fully saturated rings. The van der Waals surface area contributed by atoms with E-state index in [1.54, 1.807) is 6.08 Å². The number of hydrogen-bond donors (Lipinski definition) is 1. The molecule has 0 radical (unpaired) electrons. The third kappa shape index (κ3) is 4.30. The predicted molar refractivity (Wildman–Crippen MR) is 131 cm³/mol. The van der Waals surface area contributed by atoms with Gasteiger partial charge in [-0.2, -0.15) is 0 Å². The van der Waals surface area contributed by atoms with Gasteiger partial charge in [0.25, 0.3) is 0 Å². The molecule has 33 heavy (non-hydrogen) atoms. The molecule has 4 heteroatoms. The van der Waals surface area contributed by atoms with Crippen LogP contribution >= 0.6 is 0 Å². The molecule has 0 unspecified atom stereocenters. The number of carbonyl (C=O) groups is 1. The third-order valence-electron chi connectivity index (χ3n) is 6.86. The highest BCUT2D eigenvalue weighted by molar-refractivity contribution is 5.56. The van der Waals surface area contributed by atoms with Gasteiger partial charge in [0.15, 0.2) is 0 Å². The summed E-state index contributed by atoms with van der Waals surface area (Å²) in [6.45, 7) is 12.2. The molecule has 1 saturated heterocycles. The molecule has 1 aliphatic carbocycles. The lowest BCUT2D eigenvalue weighted by Gasteiger charge is -2.39. The molecular formula is C29H34O4. The summed E-state index contributed by atoms with van der Waals surface area (Å²) in [5.74, 6) is -0.760. The number of aliphatic hydroxyl groups is 1. The molecule has 1 N–H and O–H groups in total. The molecule has 0 spiro atoms. The molecule has 0 bridgehead atoms. The summed E-state index contributed by atoms with van der Waals surface area (Å²) in [7, 11) is 0. The zero-order chi connectivity index (χ0) is 23.9. The minimum atomic E-state index is -0.956. The zero-order valence-corrected chi connectivity index (χ0v) is 20.3. The van der Waals surface area contributed by atoms with E-state index in [0.29, 0.717) is 26.1 Å². The van der Waals surface area contributed by atoms with E-state index in [9.17, 15) is 9.90 Å². The maximum atomic E-state index is 10.5. The van der Waals surface area contributed by atoms with Crippen LogP contribution < -0.4 is 0 Å². The van der Waals surface area contributed by atoms with Crippen LogP contribution in [-0.2, 0) is 30.9 Å². The van der Waals surface area contributed by atoms with Gasteiger partial charge in [-0.3, -0.25) is 0 Å². The lowest BCUT2D eigenvalue weighted by Crippen LogP contribution is -2.33. The van der Waals surface area contributed by atoms with Crippen molar-refractivity contribution in [1.29, 1.82) is 0 Å². The zero-order valence-electron chi connectivity index (χ0n) is 20.3. The Balaban J connectivity index is 1.78. The van der Waals surface area contributed by atoms with Crippen LogP contribution in [0.1, 0.15) is 73.9 Å². The molecule has 1 aliphatic heterocycles. The van der Waals surface area contributed by atoms with Gasteiger partial charge >= 0.3 is 0 Å². The molecule has 0 amide bonds. The molecule has 0 saturated carbocycles. The molecule has 2 aliphatic rings. The number of aldehydes is 1. The van der Waals surface area contributed by atoms with Gasteiger partial charge in [-0.05, 0) is 41.3 Å². The van der Waals surface area contributed by atoms with Crippen molar-refractivity contribution in [3.05, 3.63) is 87.7 Å². The van der Waals surface area contributed by atoms with E-state index >= 15 is 0 Å². The van der Waals surface area contributed by atoms with E-state index in [2.05, 4.69) is 58.9 Å². The number of benzene rings is 2. The second-order valence-corrected chi connectivity index (χ2v) is 10.3. The van der Waals surface area contributed by atoms with Gasteiger partial charge in [0, 0.05) is 34.8 Å². The Morgan fingerprint density at radius 3 is 2.09 bits per heavy atom. The average Bonchev–Trinajstić information content (AvgIpc) is 3.27. The van der Waals surface area contributed by atoms with Crippen molar-refractivity contribution < 1.29 is 19.4 Å². The van der Waals surface area contributed by atoms with E-state index in [0.717, 1.165) is 28.5 Å². The predicted octanol–water partition coefficient (Wildman–Crippen LogP) is 6.25. The van der Waals surface area contributed by atoms with Gasteiger partial charge < -0.3 is 19.4 Å². The maximum absolute atomic E-state index is 10.5. The van der Waals surface area contributed by atoms with Gasteiger partial charge in [-0.25, -0.2) is 0 Å². The fourth-order valence-corrected chi connectivity index (χ4v) is 4.89. The maximum Gasteiger partial charge on any atom is 0.222 e. The Hall–Kier alpha value is -2.69. The van der Waals surface area contributed by atoms with Crippen LogP contribution in [0.25, 0.3) is 6.08 Å². The highest BCUT2D eigenvalue weighted by Crippen LogP contribution is 2.46. The number of ether oxygens (including phenoxy) is 2. The first kappa shape index (κ1) is 23.5. The third-order valence-corrected chi connectivity index (χ3v) is 6.86. The van der Waals surface area contributed by atoms with Crippen molar-refractivity contribution in [2.45, 2.75) is 64.1 Å². The molecule has 2 aromatic rings. The van der Waals surface area contributed by atoms with Gasteiger partial charge in [0.2, 0.25) is 5.79 Å². The van der Waals surface area contributed by atoms with Crippen LogP contribution in [0.5, 0.6) is 0 Å². The van der Waals surface area contributed by atoms with E-state index in [4.69, 9.17) is 9.47 Å². The number of aliphatic hydroxyl groups excluding tert-OH is 1. The minimum absolute atomic E-state index is 0.0292. The van der Waals surface area contributed by atoms with Gasteiger partial charge in [0.05, 0.1) is 19.0 Å². The summed E-state index contributed by atoms with van der Waals surface area (Å²) in [5, 5.41) is 10.0. The molecular weight excluding hydrogens is 412 g/mol. The number of fused-ring (bicyclic) bond motifs is 1. The highest BCUT2D eigenvalue weighted by Gasteiger charge is 2.44. The second kappa shape index (κ2) is 8.58. The molecule has 4 nitrogen and oxygen atoms in total. The number of allylic oxidation sites excluding steroid dienone is 3. The van der Waals surface area contributed by atoms with E-state index in [-0.39, 0.29) is 16.6 Å². The monoisotopic (exact) mass is 446 g/mol. The Morgan fingerprint density at radius 2 is 1.52 bits per heavy atom. The van der Waals surface area contributed by atoms with Crippen LogP contribution in [-0.4, -0.2) is 24.6 Å². The standard InChI is InChI=1S/C29H34O4/c1-20-17-25-26(28(4,5)13-12-27(25,2)3)19-24(20)29(32-15-16-33-29)22-10-8-21(9-11-22)18-23(31)7-6-14-30/h8-14,17-19,31H,6-7,15-16H2,1-5H3/b23-18-. The van der Waals surface area contributed by atoms with Crippen LogP contribution in [0.3, 0.4) is 0 Å². The summed E-state index contributed by atoms with van der Waals surface area (Å²) in [6, 6.07) is 12.5. The van der Waals surface area contributed by atoms with Crippen molar-refractivity contribution in [2.24, 2.45) is 0 Å². The summed E-state index contributed by atoms with van der Waals surface area (Å²) >= 11 is 0. The van der Waals surface area contributed by atoms with E-state index < -0.39 is 5.79 Å². The van der Waals surface area contributed by atoms with Gasteiger partial charge in [-0.1, -0.05) is 70.2 Å². The average molecular weight is 447 g/mol. The molecule has 4 rings (SSSR count). The van der Waals surface area contributed by atoms with Crippen molar-refractivity contribution in [2.75, 3.05) is 13.2 Å². The topological polar surface area (TPSA) is 55.8 Å². The number of rotatable bonds is 6. The summed E-state index contributed by atoms with van der Waals surface area (Å²) < 4.78 is 12.7. The number of aryl methyl sites for hydroxylation is 1. The smallest absolute Gasteiger partial charge is 0.222 e. The molecule has 2 aromatic carbocycles. The first-order valence-corrected chi connectivity index (χ1v) is 11.7. The van der Waals surface area contributed by atoms with Gasteiger partial charge in [0.1, 0.15) is 6.29 Å². The Kier molecular flexibility index (Phi) is 6.10. The van der Waals surface area contributed by atoms with Crippen molar-refractivity contribution >= 4 is 12.4 Å². The summed E-state index contributed by atoms with van der Waals surface area (Å²) in [5.41, 5.74) is 6.51. The quantitative estimate of drug-likeness (QED) is 0.324. The first-order valence-electron chi connectivity index (χ1n) is 11.7. The second-order valence-electron chi connectivity index (χ2n) is 10.3. The molecule has 1 heterocycles. The van der Waals surface area contributed by atoms with Crippen LogP contribution in [0.15, 0.2) is 54.3 Å². The van der Waals surface area contributed by atoms with Crippen LogP contribution in [0.2, 0.25) is 0 Å². The Morgan fingerprint density at radius 1 is 0.939 bits per heavy atom. The van der Waals surface area contributed by atoms with Crippen LogP contribution in [0.4, 0.5) is 0 Å². The summed E-state index contributed by atoms with van der Waals surface area (Å²) in [6.07, 6.45) is 7.77. The van der Waals surface area contributed by atoms with Crippen LogP contribution in [0, 0.1) is 6.92 Å². The largest absolute Gasteiger partial charge is 0.512 e. The first-order chi connectivity index (χ1) is 15.6. The fourth-order valence-electron chi connectivity index (χ4n) is 4.89. The molecule has 0 aromatic heterocycles. The Labute approximate surface area is 196 Å². The lowest BCUT2D eigenvalue weighted by molar-refractivity contribution is -0.130. The van der Waals surface area contributed by atoms with E-state index in [1.807, 2.05) is 24.3 Å². The highest BCUT2D eigenvalue weighted by atomic mass is 16.7. The molecule has 174 valence electrons. The number of carbonyl (C=O) groups excluding carboxylic acids is 1. The van der Waals surface area contributed by atoms with Crippen molar-refractivity contribution in [1.82, 2.24) is 0 Å². The fraction of sp³-hybridized carbons (Fsp3) is 0.414. The van der Waals surface area contributed by atoms with Crippen molar-refractivity contribution in [3.8, 4) is 0 Å². The molecule has 0 atom stereocenters. The number of hydrogen-bond acceptors (Lipinski definition) is 4. The SMILES string of the molecule is Cc1cc2c(cc1C1(c3ccc(/C=C(\O)CCC=O)cc3)OCCO1)C(C)(C)C=CC2(C)C. The van der Waals surface area contributed by atoms with Gasteiger partial charge in [-0.15, -0.1) is 0 Å². The van der Waals surface area contributed by atoms with E-state index in [1.165, 1.54) is 11.1 Å². The Bertz CT molecular complexity index is 1100. The normalized spacial score (nSPS) is 20.5. The van der Waals surface area contributed by atoms with Crippen molar-refractivity contribution in [3.63, 3.8) is 0 Å². The summed E-state index contributed by atoms with van der Waals surface area (Å²) in [4.78, 5) is 10.5. The lowest BCUT2D eigenvalue weighted by atomic mass is 9.66.